The summed E-state index contributed by atoms with van der Waals surface area (Å²) in [5.74, 6) is -2.99. The summed E-state index contributed by atoms with van der Waals surface area (Å²) in [7, 11) is 0. The number of carboxylic acids is 1. The van der Waals surface area contributed by atoms with Gasteiger partial charge >= 0.3 is 5.97 Å². The molecule has 4 atom stereocenters. The van der Waals surface area contributed by atoms with Crippen molar-refractivity contribution in [2.45, 2.75) is 62.7 Å². The maximum atomic E-state index is 14.0. The van der Waals surface area contributed by atoms with Gasteiger partial charge in [0.2, 0.25) is 17.7 Å². The predicted molar refractivity (Wildman–Crippen MR) is 200 cm³/mol. The third kappa shape index (κ3) is 8.33. The number of aromatic nitrogens is 3. The second-order valence-corrected chi connectivity index (χ2v) is 13.1. The van der Waals surface area contributed by atoms with Gasteiger partial charge in [0, 0.05) is 64.1 Å². The van der Waals surface area contributed by atoms with Gasteiger partial charge in [0.1, 0.15) is 18.1 Å². The lowest BCUT2D eigenvalue weighted by molar-refractivity contribution is -0.142. The molecule has 0 aliphatic heterocycles. The Kier molecular flexibility index (Phi) is 11.3. The third-order valence-electron chi connectivity index (χ3n) is 9.48. The summed E-state index contributed by atoms with van der Waals surface area (Å²) in [6, 6.07) is 18.3. The van der Waals surface area contributed by atoms with Crippen LogP contribution in [0, 0.1) is 0 Å². The van der Waals surface area contributed by atoms with Crippen LogP contribution in [0.25, 0.3) is 32.7 Å². The van der Waals surface area contributed by atoms with Crippen LogP contribution < -0.4 is 27.4 Å². The van der Waals surface area contributed by atoms with Crippen LogP contribution in [0.1, 0.15) is 36.0 Å². The zero-order valence-electron chi connectivity index (χ0n) is 28.7. The van der Waals surface area contributed by atoms with Crippen molar-refractivity contribution in [3.8, 4) is 0 Å². The first kappa shape index (κ1) is 35.9. The molecule has 13 nitrogen and oxygen atoms in total. The summed E-state index contributed by atoms with van der Waals surface area (Å²) < 4.78 is 0. The average molecular weight is 705 g/mol. The van der Waals surface area contributed by atoms with Crippen molar-refractivity contribution in [1.29, 1.82) is 0 Å². The number of amides is 3. The lowest BCUT2D eigenvalue weighted by Crippen LogP contribution is -2.58. The van der Waals surface area contributed by atoms with E-state index in [1.54, 1.807) is 12.4 Å². The first-order chi connectivity index (χ1) is 25.2. The van der Waals surface area contributed by atoms with E-state index in [9.17, 15) is 24.3 Å². The van der Waals surface area contributed by atoms with Gasteiger partial charge in [0.25, 0.3) is 0 Å². The number of nitrogens with one attached hydrogen (secondary N) is 6. The van der Waals surface area contributed by atoms with Crippen molar-refractivity contribution >= 4 is 56.4 Å². The van der Waals surface area contributed by atoms with E-state index in [4.69, 9.17) is 11.5 Å². The van der Waals surface area contributed by atoms with Crippen molar-refractivity contribution in [3.05, 3.63) is 108 Å². The topological polar surface area (TPSA) is 224 Å². The fourth-order valence-corrected chi connectivity index (χ4v) is 6.67. The average Bonchev–Trinajstić information content (AvgIpc) is 3.88. The molecule has 0 fully saturated rings. The van der Waals surface area contributed by atoms with Crippen molar-refractivity contribution in [2.24, 2.45) is 11.5 Å². The Balaban J connectivity index is 1.21. The maximum absolute atomic E-state index is 14.0. The zero-order valence-corrected chi connectivity index (χ0v) is 28.7. The van der Waals surface area contributed by atoms with Crippen LogP contribution in [0.4, 0.5) is 0 Å². The highest BCUT2D eigenvalue weighted by molar-refractivity contribution is 5.95. The van der Waals surface area contributed by atoms with Gasteiger partial charge in [-0.3, -0.25) is 14.4 Å². The van der Waals surface area contributed by atoms with Crippen molar-refractivity contribution < 1.29 is 24.3 Å². The molecule has 0 unspecified atom stereocenters. The van der Waals surface area contributed by atoms with Gasteiger partial charge in [0.15, 0.2) is 0 Å². The van der Waals surface area contributed by atoms with E-state index in [-0.39, 0.29) is 25.7 Å². The number of aliphatic carboxylic acids is 1. The molecule has 0 saturated carbocycles. The molecule has 11 N–H and O–H groups in total. The number of aromatic amines is 3. The molecule has 6 aromatic rings. The van der Waals surface area contributed by atoms with Crippen molar-refractivity contribution in [2.75, 3.05) is 6.54 Å². The number of hydrogen-bond donors (Lipinski definition) is 9. The summed E-state index contributed by atoms with van der Waals surface area (Å²) in [6.07, 6.45) is 7.05. The first-order valence-corrected chi connectivity index (χ1v) is 17.5. The highest BCUT2D eigenvalue weighted by Gasteiger charge is 2.31. The van der Waals surface area contributed by atoms with Gasteiger partial charge < -0.3 is 47.5 Å². The standard InChI is InChI=1S/C39H44N8O5/c40-16-8-7-15-33(45-36(48)29(41)17-23-20-42-30-12-4-1-9-26(23)30)37(49)46-34(18-24-21-43-31-13-5-2-10-27(24)31)38(50)47-35(39(51)52)19-25-22-44-32-14-6-3-11-28(25)32/h1-6,9-14,20-22,29,33-35,42-44H,7-8,15-19,40-41H2,(H,45,48)(H,46,49)(H,47,50)(H,51,52)/t29-,33-,34-,35-/m0/s1. The molecule has 52 heavy (non-hydrogen) atoms. The number of H-pyrrole nitrogens is 3. The molecule has 3 amide bonds. The smallest absolute Gasteiger partial charge is 0.326 e. The minimum atomic E-state index is -1.28. The number of carbonyl (C=O) groups is 4. The normalized spacial score (nSPS) is 13.8. The quantitative estimate of drug-likeness (QED) is 0.0645. The van der Waals surface area contributed by atoms with E-state index in [1.165, 1.54) is 0 Å². The second kappa shape index (κ2) is 16.4. The zero-order chi connectivity index (χ0) is 36.6. The third-order valence-corrected chi connectivity index (χ3v) is 9.48. The molecule has 3 heterocycles. The molecule has 3 aromatic heterocycles. The van der Waals surface area contributed by atoms with E-state index in [0.717, 1.165) is 49.4 Å². The molecule has 0 saturated heterocycles. The fraction of sp³-hybridized carbons (Fsp3) is 0.282. The number of hydrogen-bond acceptors (Lipinski definition) is 6. The van der Waals surface area contributed by atoms with Gasteiger partial charge in [-0.2, -0.15) is 0 Å². The van der Waals surface area contributed by atoms with Gasteiger partial charge in [-0.05, 0) is 67.1 Å². The van der Waals surface area contributed by atoms with E-state index in [1.807, 2.05) is 79.0 Å². The Morgan fingerprint density at radius 2 is 1.00 bits per heavy atom. The molecule has 13 heteroatoms. The van der Waals surface area contributed by atoms with Gasteiger partial charge in [-0.25, -0.2) is 4.79 Å². The van der Waals surface area contributed by atoms with Crippen molar-refractivity contribution in [1.82, 2.24) is 30.9 Å². The van der Waals surface area contributed by atoms with Crippen LogP contribution in [0.2, 0.25) is 0 Å². The Labute approximate surface area is 299 Å². The monoisotopic (exact) mass is 704 g/mol. The molecule has 0 aliphatic carbocycles. The molecular weight excluding hydrogens is 660 g/mol. The SMILES string of the molecule is NCCCC[C@H](NC(=O)[C@@H](N)Cc1c[nH]c2ccccc12)C(=O)N[C@@H](Cc1c[nH]c2ccccc12)C(=O)N[C@@H](Cc1c[nH]c2ccccc12)C(=O)O. The van der Waals surface area contributed by atoms with E-state index in [0.29, 0.717) is 19.4 Å². The first-order valence-electron chi connectivity index (χ1n) is 17.5. The van der Waals surface area contributed by atoms with Crippen LogP contribution in [-0.4, -0.2) is 74.5 Å². The van der Waals surface area contributed by atoms with Crippen LogP contribution in [0.15, 0.2) is 91.4 Å². The summed E-state index contributed by atoms with van der Waals surface area (Å²) in [5, 5.41) is 21.2. The Morgan fingerprint density at radius 3 is 1.50 bits per heavy atom. The number of carboxylic acid groups (broad SMARTS) is 1. The summed E-state index contributed by atoms with van der Waals surface area (Å²) >= 11 is 0. The lowest BCUT2D eigenvalue weighted by Gasteiger charge is -2.25. The van der Waals surface area contributed by atoms with Gasteiger partial charge in [0.05, 0.1) is 6.04 Å². The number of carbonyl (C=O) groups excluding carboxylic acids is 3. The number of nitrogens with two attached hydrogens (primary N) is 2. The minimum Gasteiger partial charge on any atom is -0.480 e. The molecule has 0 spiro atoms. The summed E-state index contributed by atoms with van der Waals surface area (Å²) in [5.41, 5.74) is 17.1. The molecule has 3 aromatic carbocycles. The Bertz CT molecular complexity index is 2180. The fourth-order valence-electron chi connectivity index (χ4n) is 6.67. The lowest BCUT2D eigenvalue weighted by atomic mass is 10.0. The van der Waals surface area contributed by atoms with E-state index < -0.39 is 47.9 Å². The largest absolute Gasteiger partial charge is 0.480 e. The number of benzene rings is 3. The minimum absolute atomic E-state index is 0.0188. The number of unbranched alkanes of at least 4 members (excludes halogenated alkanes) is 1. The van der Waals surface area contributed by atoms with Crippen LogP contribution in [0.3, 0.4) is 0 Å². The highest BCUT2D eigenvalue weighted by Crippen LogP contribution is 2.22. The molecular formula is C39H44N8O5. The second-order valence-electron chi connectivity index (χ2n) is 13.1. The van der Waals surface area contributed by atoms with Gasteiger partial charge in [-0.15, -0.1) is 0 Å². The molecule has 270 valence electrons. The van der Waals surface area contributed by atoms with Crippen LogP contribution >= 0.6 is 0 Å². The molecule has 0 aliphatic rings. The van der Waals surface area contributed by atoms with Crippen LogP contribution in [-0.2, 0) is 38.4 Å². The van der Waals surface area contributed by atoms with Gasteiger partial charge in [-0.1, -0.05) is 54.6 Å². The molecule has 0 bridgehead atoms. The summed E-state index contributed by atoms with van der Waals surface area (Å²) in [6.45, 7) is 0.404. The maximum Gasteiger partial charge on any atom is 0.326 e. The Morgan fingerprint density at radius 1 is 0.577 bits per heavy atom. The molecule has 6 rings (SSSR count). The Hall–Kier alpha value is -5.92. The number of fused-ring (bicyclic) bond motifs is 3. The van der Waals surface area contributed by atoms with Crippen molar-refractivity contribution in [3.63, 3.8) is 0 Å². The van der Waals surface area contributed by atoms with E-state index >= 15 is 0 Å². The number of rotatable bonds is 17. The summed E-state index contributed by atoms with van der Waals surface area (Å²) in [4.78, 5) is 63.4. The highest BCUT2D eigenvalue weighted by atomic mass is 16.4. The van der Waals surface area contributed by atoms with E-state index in [2.05, 4.69) is 30.9 Å². The predicted octanol–water partition coefficient (Wildman–Crippen LogP) is 3.15. The van der Waals surface area contributed by atoms with Crippen LogP contribution in [0.5, 0.6) is 0 Å². The number of para-hydroxylation sites is 3. The molecule has 0 radical (unpaired) electrons.